The van der Waals surface area contributed by atoms with Crippen molar-refractivity contribution in [3.05, 3.63) is 0 Å². The van der Waals surface area contributed by atoms with Crippen LogP contribution in [0.5, 0.6) is 0 Å². The highest BCUT2D eigenvalue weighted by molar-refractivity contribution is 5.83. The van der Waals surface area contributed by atoms with Gasteiger partial charge in [-0.1, -0.05) is 20.8 Å². The molecule has 2 atom stereocenters. The lowest BCUT2D eigenvalue weighted by Gasteiger charge is -2.60. The largest absolute Gasteiger partial charge is 0.334 e. The highest BCUT2D eigenvalue weighted by Crippen LogP contribution is 2.38. The van der Waals surface area contributed by atoms with Gasteiger partial charge >= 0.3 is 0 Å². The first-order valence-corrected chi connectivity index (χ1v) is 6.68. The van der Waals surface area contributed by atoms with E-state index in [2.05, 4.69) is 30.6 Å². The van der Waals surface area contributed by atoms with Crippen LogP contribution in [-0.2, 0) is 4.79 Å². The van der Waals surface area contributed by atoms with E-state index in [4.69, 9.17) is 0 Å². The summed E-state index contributed by atoms with van der Waals surface area (Å²) in [4.78, 5) is 17.0. The molecule has 0 aliphatic carbocycles. The van der Waals surface area contributed by atoms with Crippen molar-refractivity contribution in [1.29, 1.82) is 0 Å². The van der Waals surface area contributed by atoms with Crippen molar-refractivity contribution in [3.8, 4) is 0 Å². The number of piperidine rings is 1. The molecule has 0 radical (unpaired) electrons. The van der Waals surface area contributed by atoms with Gasteiger partial charge in [0.2, 0.25) is 5.91 Å². The Labute approximate surface area is 105 Å². The molecule has 0 aromatic heterocycles. The topological polar surface area (TPSA) is 23.6 Å². The van der Waals surface area contributed by atoms with Gasteiger partial charge in [0.1, 0.15) is 0 Å². The minimum atomic E-state index is -0.235. The highest BCUT2D eigenvalue weighted by Gasteiger charge is 2.50. The molecule has 0 aromatic carbocycles. The molecule has 2 unspecified atom stereocenters. The standard InChI is InChI=1S/C14H26N2O/c1-13(2,3)12(17)16-10-7-11(16)9-15(8-10)14(4,5)6/h10-11H,7-9H2,1-6H3. The van der Waals surface area contributed by atoms with Crippen molar-refractivity contribution < 1.29 is 4.79 Å². The molecule has 2 bridgehead atoms. The van der Waals surface area contributed by atoms with Crippen LogP contribution >= 0.6 is 0 Å². The lowest BCUT2D eigenvalue weighted by atomic mass is 9.81. The summed E-state index contributed by atoms with van der Waals surface area (Å²) >= 11 is 0. The zero-order valence-corrected chi connectivity index (χ0v) is 12.1. The van der Waals surface area contributed by atoms with E-state index in [1.54, 1.807) is 0 Å². The van der Waals surface area contributed by atoms with Crippen LogP contribution in [0.3, 0.4) is 0 Å². The fourth-order valence-electron chi connectivity index (χ4n) is 2.88. The van der Waals surface area contributed by atoms with Crippen molar-refractivity contribution in [3.63, 3.8) is 0 Å². The molecular formula is C14H26N2O. The van der Waals surface area contributed by atoms with Crippen LogP contribution in [0.1, 0.15) is 48.0 Å². The maximum Gasteiger partial charge on any atom is 0.228 e. The van der Waals surface area contributed by atoms with Crippen molar-refractivity contribution in [2.24, 2.45) is 5.41 Å². The van der Waals surface area contributed by atoms with E-state index in [1.165, 1.54) is 6.42 Å². The molecule has 3 aliphatic rings. The Bertz CT molecular complexity index is 312. The van der Waals surface area contributed by atoms with E-state index in [9.17, 15) is 4.79 Å². The summed E-state index contributed by atoms with van der Waals surface area (Å²) in [5.41, 5.74) is -0.00534. The average Bonchev–Trinajstić information content (AvgIpc) is 2.14. The molecule has 1 amide bonds. The Morgan fingerprint density at radius 1 is 1.00 bits per heavy atom. The minimum Gasteiger partial charge on any atom is -0.334 e. The van der Waals surface area contributed by atoms with Crippen LogP contribution in [0.25, 0.3) is 0 Å². The van der Waals surface area contributed by atoms with E-state index in [0.29, 0.717) is 18.0 Å². The number of carbonyl (C=O) groups excluding carboxylic acids is 1. The third kappa shape index (κ3) is 2.22. The molecule has 3 heterocycles. The fraction of sp³-hybridized carbons (Fsp3) is 0.929. The Kier molecular flexibility index (Phi) is 2.81. The van der Waals surface area contributed by atoms with E-state index in [-0.39, 0.29) is 11.0 Å². The number of rotatable bonds is 0. The summed E-state index contributed by atoms with van der Waals surface area (Å²) in [6.07, 6.45) is 1.20. The molecule has 3 rings (SSSR count). The summed E-state index contributed by atoms with van der Waals surface area (Å²) in [6, 6.07) is 0.916. The lowest BCUT2D eigenvalue weighted by Crippen LogP contribution is -2.73. The zero-order valence-electron chi connectivity index (χ0n) is 12.1. The van der Waals surface area contributed by atoms with E-state index in [1.807, 2.05) is 20.8 Å². The molecule has 0 saturated carbocycles. The van der Waals surface area contributed by atoms with Gasteiger partial charge in [-0.3, -0.25) is 9.69 Å². The van der Waals surface area contributed by atoms with Gasteiger partial charge in [0, 0.05) is 36.1 Å². The maximum absolute atomic E-state index is 12.3. The molecule has 0 aromatic rings. The summed E-state index contributed by atoms with van der Waals surface area (Å²) in [6.45, 7) is 14.9. The number of hydrogen-bond donors (Lipinski definition) is 0. The number of piperazine rings is 1. The van der Waals surface area contributed by atoms with Crippen LogP contribution in [-0.4, -0.2) is 46.4 Å². The third-order valence-electron chi connectivity index (χ3n) is 4.02. The molecule has 3 saturated heterocycles. The Balaban J connectivity index is 2.04. The first-order chi connectivity index (χ1) is 7.60. The van der Waals surface area contributed by atoms with Crippen molar-refractivity contribution in [2.75, 3.05) is 13.1 Å². The van der Waals surface area contributed by atoms with Crippen LogP contribution in [0.15, 0.2) is 0 Å². The fourth-order valence-corrected chi connectivity index (χ4v) is 2.88. The zero-order chi connectivity index (χ0) is 13.0. The minimum absolute atomic E-state index is 0.230. The Hall–Kier alpha value is -0.570. The number of fused-ring (bicyclic) bond motifs is 2. The van der Waals surface area contributed by atoms with Crippen LogP contribution in [0.2, 0.25) is 0 Å². The van der Waals surface area contributed by atoms with Gasteiger partial charge in [0.05, 0.1) is 0 Å². The molecule has 17 heavy (non-hydrogen) atoms. The molecule has 0 spiro atoms. The molecule has 3 aliphatic heterocycles. The second kappa shape index (κ2) is 3.71. The first kappa shape index (κ1) is 12.9. The van der Waals surface area contributed by atoms with Crippen LogP contribution in [0, 0.1) is 5.41 Å². The molecule has 3 heteroatoms. The van der Waals surface area contributed by atoms with Gasteiger partial charge in [-0.15, -0.1) is 0 Å². The van der Waals surface area contributed by atoms with Gasteiger partial charge < -0.3 is 4.90 Å². The van der Waals surface area contributed by atoms with Gasteiger partial charge in [0.25, 0.3) is 0 Å². The Morgan fingerprint density at radius 2 is 1.47 bits per heavy atom. The van der Waals surface area contributed by atoms with Crippen molar-refractivity contribution in [1.82, 2.24) is 9.80 Å². The van der Waals surface area contributed by atoms with E-state index < -0.39 is 0 Å². The first-order valence-electron chi connectivity index (χ1n) is 6.68. The van der Waals surface area contributed by atoms with Gasteiger partial charge in [0.15, 0.2) is 0 Å². The summed E-state index contributed by atoms with van der Waals surface area (Å²) in [5.74, 6) is 0.326. The second-order valence-corrected chi connectivity index (χ2v) is 7.58. The maximum atomic E-state index is 12.3. The number of hydrogen-bond acceptors (Lipinski definition) is 2. The normalized spacial score (nSPS) is 30.1. The predicted molar refractivity (Wildman–Crippen MR) is 69.8 cm³/mol. The molecule has 3 nitrogen and oxygen atoms in total. The van der Waals surface area contributed by atoms with E-state index >= 15 is 0 Å². The summed E-state index contributed by atoms with van der Waals surface area (Å²) in [7, 11) is 0. The second-order valence-electron chi connectivity index (χ2n) is 7.58. The number of nitrogens with zero attached hydrogens (tertiary/aromatic N) is 2. The van der Waals surface area contributed by atoms with Crippen LogP contribution in [0.4, 0.5) is 0 Å². The number of amides is 1. The van der Waals surface area contributed by atoms with Crippen molar-refractivity contribution in [2.45, 2.75) is 65.6 Å². The monoisotopic (exact) mass is 238 g/mol. The lowest BCUT2D eigenvalue weighted by molar-refractivity contribution is -0.166. The summed E-state index contributed by atoms with van der Waals surface area (Å²) < 4.78 is 0. The van der Waals surface area contributed by atoms with Crippen LogP contribution < -0.4 is 0 Å². The molecule has 3 fully saturated rings. The van der Waals surface area contributed by atoms with Gasteiger partial charge in [-0.2, -0.15) is 0 Å². The van der Waals surface area contributed by atoms with E-state index in [0.717, 1.165) is 13.1 Å². The number of carbonyl (C=O) groups is 1. The summed E-state index contributed by atoms with van der Waals surface area (Å²) in [5, 5.41) is 0. The van der Waals surface area contributed by atoms with Crippen molar-refractivity contribution >= 4 is 5.91 Å². The van der Waals surface area contributed by atoms with Gasteiger partial charge in [-0.25, -0.2) is 0 Å². The SMILES string of the molecule is CC(C)(C)C(=O)N1C2CC1CN(C(C)(C)C)C2. The quantitative estimate of drug-likeness (QED) is 0.645. The molecule has 0 N–H and O–H groups in total. The highest BCUT2D eigenvalue weighted by atomic mass is 16.2. The third-order valence-corrected chi connectivity index (χ3v) is 4.02. The predicted octanol–water partition coefficient (Wildman–Crippen LogP) is 2.12. The molecule has 98 valence electrons. The average molecular weight is 238 g/mol. The molecular weight excluding hydrogens is 212 g/mol. The van der Waals surface area contributed by atoms with Gasteiger partial charge in [-0.05, 0) is 27.2 Å². The Morgan fingerprint density at radius 3 is 1.82 bits per heavy atom. The smallest absolute Gasteiger partial charge is 0.228 e.